The van der Waals surface area contributed by atoms with E-state index in [0.717, 1.165) is 37.1 Å². The molecule has 1 amide bonds. The molecule has 0 aliphatic carbocycles. The van der Waals surface area contributed by atoms with E-state index >= 15 is 0 Å². The summed E-state index contributed by atoms with van der Waals surface area (Å²) >= 11 is 0. The Labute approximate surface area is 220 Å². The van der Waals surface area contributed by atoms with Crippen LogP contribution in [0.5, 0.6) is 0 Å². The summed E-state index contributed by atoms with van der Waals surface area (Å²) in [6, 6.07) is 8.61. The van der Waals surface area contributed by atoms with Crippen LogP contribution < -0.4 is 16.0 Å². The Bertz CT molecular complexity index is 947. The molecule has 0 saturated carbocycles. The number of aryl methyl sites for hydroxylation is 1. The zero-order chi connectivity index (χ0) is 26.9. The van der Waals surface area contributed by atoms with Gasteiger partial charge >= 0.3 is 5.97 Å². The van der Waals surface area contributed by atoms with Crippen LogP contribution in [-0.2, 0) is 39.2 Å². The number of hydrogen-bond donors (Lipinski definition) is 3. The molecule has 1 aromatic carbocycles. The zero-order valence-electron chi connectivity index (χ0n) is 22.5. The van der Waals surface area contributed by atoms with Gasteiger partial charge < -0.3 is 25.3 Å². The molecule has 0 aliphatic rings. The molecule has 2 rings (SSSR count). The smallest absolute Gasteiger partial charge is 0.306 e. The van der Waals surface area contributed by atoms with Crippen LogP contribution >= 0.6 is 0 Å². The Hall–Kier alpha value is -3.04. The van der Waals surface area contributed by atoms with Gasteiger partial charge in [0, 0.05) is 32.5 Å². The minimum Gasteiger partial charge on any atom is -0.461 e. The second-order valence-corrected chi connectivity index (χ2v) is 9.41. The van der Waals surface area contributed by atoms with E-state index < -0.39 is 12.1 Å². The van der Waals surface area contributed by atoms with Crippen molar-refractivity contribution in [1.82, 2.24) is 25.5 Å². The maximum atomic E-state index is 13.0. The fourth-order valence-electron chi connectivity index (χ4n) is 4.07. The van der Waals surface area contributed by atoms with E-state index in [1.165, 1.54) is 0 Å². The summed E-state index contributed by atoms with van der Waals surface area (Å²) in [6.45, 7) is 1.15. The van der Waals surface area contributed by atoms with Crippen molar-refractivity contribution >= 4 is 17.7 Å². The molecule has 204 valence electrons. The second kappa shape index (κ2) is 17.4. The van der Waals surface area contributed by atoms with Gasteiger partial charge in [-0.15, -0.1) is 0 Å². The molecular weight excluding hydrogens is 470 g/mol. The normalized spacial score (nSPS) is 12.6. The van der Waals surface area contributed by atoms with Crippen LogP contribution in [0.2, 0.25) is 0 Å². The first-order valence-electron chi connectivity index (χ1n) is 13.2. The lowest BCUT2D eigenvalue weighted by Gasteiger charge is -2.22. The number of aromatic nitrogens is 2. The van der Waals surface area contributed by atoms with E-state index in [9.17, 15) is 14.4 Å². The summed E-state index contributed by atoms with van der Waals surface area (Å²) in [4.78, 5) is 42.3. The molecule has 1 heterocycles. The summed E-state index contributed by atoms with van der Waals surface area (Å²) in [5.41, 5.74) is 1.78. The van der Waals surface area contributed by atoms with Crippen molar-refractivity contribution in [2.45, 2.75) is 76.5 Å². The Morgan fingerprint density at radius 1 is 0.973 bits per heavy atom. The van der Waals surface area contributed by atoms with Gasteiger partial charge in [0.2, 0.25) is 5.91 Å². The third-order valence-corrected chi connectivity index (χ3v) is 6.26. The van der Waals surface area contributed by atoms with E-state index in [-0.39, 0.29) is 24.3 Å². The van der Waals surface area contributed by atoms with Crippen LogP contribution in [0.3, 0.4) is 0 Å². The van der Waals surface area contributed by atoms with Crippen molar-refractivity contribution in [1.29, 1.82) is 0 Å². The molecule has 0 saturated heterocycles. The van der Waals surface area contributed by atoms with Crippen LogP contribution in [0.1, 0.15) is 62.6 Å². The van der Waals surface area contributed by atoms with Crippen molar-refractivity contribution in [3.63, 3.8) is 0 Å². The Morgan fingerprint density at radius 2 is 1.73 bits per heavy atom. The summed E-state index contributed by atoms with van der Waals surface area (Å²) in [5, 5.41) is 9.14. The number of amides is 1. The minimum absolute atomic E-state index is 0.0390. The number of carbonyl (C=O) groups excluding carboxylic acids is 3. The SMILES string of the molecule is CNCCCCC(NC(=O)C(Cc1cn(C)cn1)NC)C(=O)CCCCCC(=O)OCc1ccccc1. The summed E-state index contributed by atoms with van der Waals surface area (Å²) in [6.07, 6.45) is 9.24. The largest absolute Gasteiger partial charge is 0.461 e. The molecule has 2 atom stereocenters. The van der Waals surface area contributed by atoms with E-state index in [2.05, 4.69) is 20.9 Å². The van der Waals surface area contributed by atoms with Gasteiger partial charge in [0.05, 0.1) is 24.1 Å². The number of esters is 1. The molecular formula is C28H43N5O4. The third kappa shape index (κ3) is 12.2. The van der Waals surface area contributed by atoms with Crippen molar-refractivity contribution in [3.05, 3.63) is 54.1 Å². The highest BCUT2D eigenvalue weighted by atomic mass is 16.5. The van der Waals surface area contributed by atoms with Crippen molar-refractivity contribution in [3.8, 4) is 0 Å². The van der Waals surface area contributed by atoms with Crippen molar-refractivity contribution in [2.75, 3.05) is 20.6 Å². The molecule has 0 radical (unpaired) electrons. The first-order chi connectivity index (χ1) is 17.9. The fraction of sp³-hybridized carbons (Fsp3) is 0.571. The number of likely N-dealkylation sites (N-methyl/N-ethyl adjacent to an activating group) is 1. The number of carbonyl (C=O) groups is 3. The maximum Gasteiger partial charge on any atom is 0.306 e. The van der Waals surface area contributed by atoms with Crippen molar-refractivity contribution < 1.29 is 19.1 Å². The van der Waals surface area contributed by atoms with Gasteiger partial charge in [-0.2, -0.15) is 0 Å². The number of ketones is 1. The van der Waals surface area contributed by atoms with E-state index in [4.69, 9.17) is 4.74 Å². The Kier molecular flexibility index (Phi) is 14.2. The Balaban J connectivity index is 1.76. The second-order valence-electron chi connectivity index (χ2n) is 9.41. The quantitative estimate of drug-likeness (QED) is 0.195. The number of nitrogens with zero attached hydrogens (tertiary/aromatic N) is 2. The summed E-state index contributed by atoms with van der Waals surface area (Å²) in [7, 11) is 5.53. The molecule has 37 heavy (non-hydrogen) atoms. The molecule has 2 unspecified atom stereocenters. The molecule has 3 N–H and O–H groups in total. The predicted molar refractivity (Wildman–Crippen MR) is 144 cm³/mol. The molecule has 0 fully saturated rings. The third-order valence-electron chi connectivity index (χ3n) is 6.26. The molecule has 9 heteroatoms. The van der Waals surface area contributed by atoms with Gasteiger partial charge in [-0.05, 0) is 58.3 Å². The van der Waals surface area contributed by atoms with Gasteiger partial charge in [-0.1, -0.05) is 36.8 Å². The number of hydrogen-bond acceptors (Lipinski definition) is 7. The number of imidazole rings is 1. The molecule has 0 bridgehead atoms. The Morgan fingerprint density at radius 3 is 2.41 bits per heavy atom. The highest BCUT2D eigenvalue weighted by Gasteiger charge is 2.25. The lowest BCUT2D eigenvalue weighted by Crippen LogP contribution is -2.50. The van der Waals surface area contributed by atoms with Gasteiger partial charge in [0.25, 0.3) is 0 Å². The highest BCUT2D eigenvalue weighted by Crippen LogP contribution is 2.11. The number of unbranched alkanes of at least 4 members (excludes halogenated alkanes) is 3. The molecule has 0 spiro atoms. The van der Waals surface area contributed by atoms with Gasteiger partial charge in [0.15, 0.2) is 5.78 Å². The summed E-state index contributed by atoms with van der Waals surface area (Å²) in [5.74, 6) is -0.380. The highest BCUT2D eigenvalue weighted by molar-refractivity contribution is 5.91. The lowest BCUT2D eigenvalue weighted by atomic mass is 9.99. The number of ether oxygens (including phenoxy) is 1. The molecule has 2 aromatic rings. The number of nitrogens with one attached hydrogen (secondary N) is 3. The topological polar surface area (TPSA) is 114 Å². The minimum atomic E-state index is -0.514. The lowest BCUT2D eigenvalue weighted by molar-refractivity contribution is -0.145. The monoisotopic (exact) mass is 513 g/mol. The molecule has 1 aromatic heterocycles. The average Bonchev–Trinajstić information content (AvgIpc) is 3.32. The standard InChI is InChI=1S/C28H43N5O4/c1-29-17-11-10-14-24(32-28(36)25(30-2)18-23-19-33(3)21-31-23)26(34)15-8-5-9-16-27(35)37-20-22-12-6-4-7-13-22/h4,6-7,12-13,19,21,24-25,29-30H,5,8-11,14-18,20H2,1-3H3,(H,32,36). The van der Waals surface area contributed by atoms with Crippen LogP contribution in [0.15, 0.2) is 42.9 Å². The van der Waals surface area contributed by atoms with Gasteiger partial charge in [0.1, 0.15) is 6.61 Å². The van der Waals surface area contributed by atoms with Crippen LogP contribution in [0.4, 0.5) is 0 Å². The summed E-state index contributed by atoms with van der Waals surface area (Å²) < 4.78 is 7.15. The zero-order valence-corrected chi connectivity index (χ0v) is 22.5. The first kappa shape index (κ1) is 30.2. The average molecular weight is 514 g/mol. The van der Waals surface area contributed by atoms with Crippen molar-refractivity contribution in [2.24, 2.45) is 7.05 Å². The first-order valence-corrected chi connectivity index (χ1v) is 13.2. The number of rotatable bonds is 19. The van der Waals surface area contributed by atoms with E-state index in [0.29, 0.717) is 38.5 Å². The molecule has 9 nitrogen and oxygen atoms in total. The predicted octanol–water partition coefficient (Wildman–Crippen LogP) is 2.69. The van der Waals surface area contributed by atoms with Crippen LogP contribution in [-0.4, -0.2) is 59.9 Å². The van der Waals surface area contributed by atoms with E-state index in [1.807, 2.05) is 55.2 Å². The molecule has 0 aliphatic heterocycles. The van der Waals surface area contributed by atoms with Gasteiger partial charge in [-0.25, -0.2) is 4.98 Å². The van der Waals surface area contributed by atoms with E-state index in [1.54, 1.807) is 13.4 Å². The fourth-order valence-corrected chi connectivity index (χ4v) is 4.07. The number of Topliss-reactive ketones (excluding diaryl/α,β-unsaturated/α-hetero) is 1. The number of benzene rings is 1. The van der Waals surface area contributed by atoms with Gasteiger partial charge in [-0.3, -0.25) is 14.4 Å². The van der Waals surface area contributed by atoms with Crippen LogP contribution in [0, 0.1) is 0 Å². The maximum absolute atomic E-state index is 13.0. The van der Waals surface area contributed by atoms with Crippen LogP contribution in [0.25, 0.3) is 0 Å².